The number of unbranched alkanes of at least 4 members (excludes halogenated alkanes) is 1. The minimum atomic E-state index is -0.799. The van der Waals surface area contributed by atoms with Gasteiger partial charge in [0, 0.05) is 0 Å². The quantitative estimate of drug-likeness (QED) is 0.582. The largest absolute Gasteiger partial charge is 0.368 e. The van der Waals surface area contributed by atoms with Gasteiger partial charge in [0.05, 0.1) is 5.56 Å². The van der Waals surface area contributed by atoms with Gasteiger partial charge in [-0.1, -0.05) is 18.2 Å². The molecule has 1 atom stereocenters. The van der Waals surface area contributed by atoms with Gasteiger partial charge >= 0.3 is 0 Å². The fourth-order valence-corrected chi connectivity index (χ4v) is 1.63. The second-order valence-corrected chi connectivity index (χ2v) is 4.13. The Morgan fingerprint density at radius 3 is 2.68 bits per heavy atom. The van der Waals surface area contributed by atoms with E-state index in [1.165, 1.54) is 18.2 Å². The number of hydrogen-bond donors (Lipinski definition) is 2. The van der Waals surface area contributed by atoms with Crippen molar-refractivity contribution >= 4 is 11.8 Å². The summed E-state index contributed by atoms with van der Waals surface area (Å²) in [5, 5.41) is 2.44. The summed E-state index contributed by atoms with van der Waals surface area (Å²) in [6.45, 7) is 3.57. The van der Waals surface area contributed by atoms with Crippen LogP contribution < -0.4 is 11.1 Å². The summed E-state index contributed by atoms with van der Waals surface area (Å²) in [7, 11) is 0. The molecule has 0 saturated heterocycles. The lowest BCUT2D eigenvalue weighted by molar-refractivity contribution is -0.120. The molecule has 0 aliphatic carbocycles. The molecule has 102 valence electrons. The Hall–Kier alpha value is -2.17. The van der Waals surface area contributed by atoms with Crippen molar-refractivity contribution in [2.24, 2.45) is 5.73 Å². The number of allylic oxidation sites excluding steroid dienone is 1. The van der Waals surface area contributed by atoms with Crippen molar-refractivity contribution in [2.75, 3.05) is 0 Å². The Balaban J connectivity index is 2.69. The fraction of sp³-hybridized carbons (Fsp3) is 0.286. The number of nitrogens with two attached hydrogens (primary N) is 1. The van der Waals surface area contributed by atoms with Crippen LogP contribution in [-0.2, 0) is 4.79 Å². The van der Waals surface area contributed by atoms with E-state index in [-0.39, 0.29) is 5.56 Å². The number of hydrogen-bond acceptors (Lipinski definition) is 2. The molecular formula is C14H17FN2O2. The van der Waals surface area contributed by atoms with Crippen LogP contribution in [0.1, 0.15) is 29.6 Å². The summed E-state index contributed by atoms with van der Waals surface area (Å²) in [5.74, 6) is -1.90. The summed E-state index contributed by atoms with van der Waals surface area (Å²) in [4.78, 5) is 23.1. The molecule has 1 aromatic carbocycles. The maximum atomic E-state index is 13.4. The Bertz CT molecular complexity index is 474. The van der Waals surface area contributed by atoms with E-state index in [4.69, 9.17) is 5.73 Å². The molecule has 19 heavy (non-hydrogen) atoms. The first-order valence-corrected chi connectivity index (χ1v) is 6.02. The third-order valence-electron chi connectivity index (χ3n) is 2.67. The third kappa shape index (κ3) is 4.54. The van der Waals surface area contributed by atoms with Crippen LogP contribution in [0.3, 0.4) is 0 Å². The van der Waals surface area contributed by atoms with Crippen LogP contribution >= 0.6 is 0 Å². The topological polar surface area (TPSA) is 72.2 Å². The molecule has 0 bridgehead atoms. The van der Waals surface area contributed by atoms with Gasteiger partial charge in [-0.2, -0.15) is 0 Å². The van der Waals surface area contributed by atoms with Gasteiger partial charge in [-0.25, -0.2) is 4.39 Å². The predicted molar refractivity (Wildman–Crippen MR) is 70.9 cm³/mol. The molecule has 0 saturated carbocycles. The lowest BCUT2D eigenvalue weighted by atomic mass is 10.1. The normalized spacial score (nSPS) is 11.6. The summed E-state index contributed by atoms with van der Waals surface area (Å²) in [5.41, 5.74) is 5.11. The van der Waals surface area contributed by atoms with Crippen LogP contribution in [0.4, 0.5) is 4.39 Å². The van der Waals surface area contributed by atoms with E-state index in [0.29, 0.717) is 12.8 Å². The molecule has 0 radical (unpaired) electrons. The molecule has 0 heterocycles. The minimum Gasteiger partial charge on any atom is -0.368 e. The smallest absolute Gasteiger partial charge is 0.254 e. The van der Waals surface area contributed by atoms with E-state index in [9.17, 15) is 14.0 Å². The molecule has 4 nitrogen and oxygen atoms in total. The zero-order chi connectivity index (χ0) is 14.3. The Morgan fingerprint density at radius 1 is 1.42 bits per heavy atom. The highest BCUT2D eigenvalue weighted by Gasteiger charge is 2.19. The summed E-state index contributed by atoms with van der Waals surface area (Å²) in [6.07, 6.45) is 3.52. The summed E-state index contributed by atoms with van der Waals surface area (Å²) >= 11 is 0. The van der Waals surface area contributed by atoms with Crippen molar-refractivity contribution in [1.82, 2.24) is 5.32 Å². The van der Waals surface area contributed by atoms with Crippen LogP contribution in [0.15, 0.2) is 36.9 Å². The van der Waals surface area contributed by atoms with E-state index in [2.05, 4.69) is 11.9 Å². The first kappa shape index (κ1) is 14.9. The second-order valence-electron chi connectivity index (χ2n) is 4.13. The molecule has 0 unspecified atom stereocenters. The average molecular weight is 264 g/mol. The van der Waals surface area contributed by atoms with Gasteiger partial charge in [-0.05, 0) is 31.4 Å². The van der Waals surface area contributed by atoms with Crippen molar-refractivity contribution in [3.05, 3.63) is 48.3 Å². The summed E-state index contributed by atoms with van der Waals surface area (Å²) < 4.78 is 13.4. The molecule has 2 amide bonds. The maximum absolute atomic E-state index is 13.4. The molecule has 0 aromatic heterocycles. The van der Waals surface area contributed by atoms with Gasteiger partial charge in [0.2, 0.25) is 5.91 Å². The van der Waals surface area contributed by atoms with Gasteiger partial charge in [-0.3, -0.25) is 9.59 Å². The van der Waals surface area contributed by atoms with Crippen LogP contribution in [0.2, 0.25) is 0 Å². The van der Waals surface area contributed by atoms with Gasteiger partial charge in [0.1, 0.15) is 11.9 Å². The second kappa shape index (κ2) is 7.31. The predicted octanol–water partition coefficient (Wildman–Crippen LogP) is 1.77. The molecule has 0 spiro atoms. The van der Waals surface area contributed by atoms with E-state index in [0.717, 1.165) is 6.42 Å². The molecule has 1 aromatic rings. The van der Waals surface area contributed by atoms with E-state index < -0.39 is 23.7 Å². The fourth-order valence-electron chi connectivity index (χ4n) is 1.63. The maximum Gasteiger partial charge on any atom is 0.254 e. The van der Waals surface area contributed by atoms with Gasteiger partial charge in [0.15, 0.2) is 0 Å². The molecule has 0 fully saturated rings. The third-order valence-corrected chi connectivity index (χ3v) is 2.67. The van der Waals surface area contributed by atoms with Crippen LogP contribution in [-0.4, -0.2) is 17.9 Å². The standard InChI is InChI=1S/C14H17FN2O2/c1-2-3-4-9-12(13(16)18)17-14(19)10-7-5-6-8-11(10)15/h2,5-8,12H,1,3-4,9H2,(H2,16,18)(H,17,19)/t12-/m1/s1. The van der Waals surface area contributed by atoms with Gasteiger partial charge in [0.25, 0.3) is 5.91 Å². The first-order chi connectivity index (χ1) is 9.06. The summed E-state index contributed by atoms with van der Waals surface area (Å²) in [6, 6.07) is 4.78. The molecular weight excluding hydrogens is 247 g/mol. The average Bonchev–Trinajstić information content (AvgIpc) is 2.38. The molecule has 3 N–H and O–H groups in total. The Labute approximate surface area is 111 Å². The van der Waals surface area contributed by atoms with Crippen molar-refractivity contribution in [1.29, 1.82) is 0 Å². The number of amides is 2. The van der Waals surface area contributed by atoms with Crippen LogP contribution in [0, 0.1) is 5.82 Å². The number of rotatable bonds is 7. The first-order valence-electron chi connectivity index (χ1n) is 6.02. The number of carbonyl (C=O) groups is 2. The van der Waals surface area contributed by atoms with Gasteiger partial charge < -0.3 is 11.1 Å². The van der Waals surface area contributed by atoms with E-state index in [1.54, 1.807) is 12.1 Å². The van der Waals surface area contributed by atoms with Crippen molar-refractivity contribution < 1.29 is 14.0 Å². The Kier molecular flexibility index (Phi) is 5.73. The van der Waals surface area contributed by atoms with E-state index >= 15 is 0 Å². The van der Waals surface area contributed by atoms with Gasteiger partial charge in [-0.15, -0.1) is 6.58 Å². The lowest BCUT2D eigenvalue weighted by Gasteiger charge is -2.15. The zero-order valence-electron chi connectivity index (χ0n) is 10.6. The number of carbonyl (C=O) groups excluding carboxylic acids is 2. The Morgan fingerprint density at radius 2 is 2.11 bits per heavy atom. The monoisotopic (exact) mass is 264 g/mol. The highest BCUT2D eigenvalue weighted by Crippen LogP contribution is 2.08. The van der Waals surface area contributed by atoms with Crippen molar-refractivity contribution in [2.45, 2.75) is 25.3 Å². The zero-order valence-corrected chi connectivity index (χ0v) is 10.6. The van der Waals surface area contributed by atoms with Crippen LogP contribution in [0.25, 0.3) is 0 Å². The molecule has 0 aliphatic rings. The SMILES string of the molecule is C=CCCC[C@@H](NC(=O)c1ccccc1F)C(N)=O. The number of halogens is 1. The van der Waals surface area contributed by atoms with Crippen molar-refractivity contribution in [3.63, 3.8) is 0 Å². The van der Waals surface area contributed by atoms with Crippen molar-refractivity contribution in [3.8, 4) is 0 Å². The molecule has 0 aliphatic heterocycles. The lowest BCUT2D eigenvalue weighted by Crippen LogP contribution is -2.44. The number of benzene rings is 1. The molecule has 1 rings (SSSR count). The highest BCUT2D eigenvalue weighted by atomic mass is 19.1. The minimum absolute atomic E-state index is 0.0996. The van der Waals surface area contributed by atoms with Crippen LogP contribution in [0.5, 0.6) is 0 Å². The van der Waals surface area contributed by atoms with E-state index in [1.807, 2.05) is 0 Å². The molecule has 5 heteroatoms. The number of nitrogens with one attached hydrogen (secondary N) is 1. The number of primary amides is 1. The highest BCUT2D eigenvalue weighted by molar-refractivity contribution is 5.97.